The van der Waals surface area contributed by atoms with Crippen molar-refractivity contribution in [3.63, 3.8) is 0 Å². The van der Waals surface area contributed by atoms with Crippen LogP contribution in [0.4, 0.5) is 8.78 Å². The van der Waals surface area contributed by atoms with E-state index in [1.165, 1.54) is 12.1 Å². The Kier molecular flexibility index (Phi) is 3.02. The molecule has 0 aromatic carbocycles. The van der Waals surface area contributed by atoms with Gasteiger partial charge in [0.25, 0.3) is 0 Å². The zero-order chi connectivity index (χ0) is 15.7. The standard InChI is InChI=1S/C15H12F2O4S2/c16-10-5-8-12(22-10)13-9(6-11(17)23-13)15(20-3-4-21-15)14(8)7-18-1-2-19-14/h5-6H,1-4,7H2. The molecule has 122 valence electrons. The van der Waals surface area contributed by atoms with Gasteiger partial charge in [0.05, 0.1) is 42.8 Å². The Hall–Kier alpha value is -0.900. The zero-order valence-electron chi connectivity index (χ0n) is 11.9. The fourth-order valence-electron chi connectivity index (χ4n) is 3.68. The summed E-state index contributed by atoms with van der Waals surface area (Å²) in [4.78, 5) is 1.31. The van der Waals surface area contributed by atoms with Gasteiger partial charge in [0.1, 0.15) is 0 Å². The highest BCUT2D eigenvalue weighted by molar-refractivity contribution is 7.21. The second-order valence-electron chi connectivity index (χ2n) is 5.63. The van der Waals surface area contributed by atoms with Crippen LogP contribution in [0.25, 0.3) is 9.75 Å². The molecule has 0 N–H and O–H groups in total. The van der Waals surface area contributed by atoms with Crippen LogP contribution in [-0.2, 0) is 30.3 Å². The first-order valence-corrected chi connectivity index (χ1v) is 8.89. The molecule has 3 aliphatic rings. The molecule has 2 fully saturated rings. The molecule has 4 nitrogen and oxygen atoms in total. The Bertz CT molecular complexity index is 773. The number of hydrogen-bond donors (Lipinski definition) is 0. The van der Waals surface area contributed by atoms with Gasteiger partial charge in [-0.2, -0.15) is 8.78 Å². The smallest absolute Gasteiger partial charge is 0.233 e. The molecule has 0 bridgehead atoms. The molecule has 2 aromatic heterocycles. The monoisotopic (exact) mass is 358 g/mol. The molecule has 2 spiro atoms. The van der Waals surface area contributed by atoms with Crippen LogP contribution in [0.2, 0.25) is 0 Å². The molecule has 0 radical (unpaired) electrons. The van der Waals surface area contributed by atoms with E-state index in [0.29, 0.717) is 47.3 Å². The molecular weight excluding hydrogens is 346 g/mol. The van der Waals surface area contributed by atoms with Crippen LogP contribution in [0, 0.1) is 10.3 Å². The summed E-state index contributed by atoms with van der Waals surface area (Å²) in [6.45, 7) is 1.69. The second-order valence-corrected chi connectivity index (χ2v) is 7.63. The van der Waals surface area contributed by atoms with E-state index in [0.717, 1.165) is 22.7 Å². The lowest BCUT2D eigenvalue weighted by atomic mass is 9.76. The van der Waals surface area contributed by atoms with E-state index in [1.54, 1.807) is 0 Å². The van der Waals surface area contributed by atoms with Crippen molar-refractivity contribution in [2.24, 2.45) is 0 Å². The highest BCUT2D eigenvalue weighted by Crippen LogP contribution is 2.61. The Balaban J connectivity index is 1.85. The Morgan fingerprint density at radius 3 is 2.09 bits per heavy atom. The molecule has 2 aliphatic heterocycles. The van der Waals surface area contributed by atoms with Gasteiger partial charge in [0.15, 0.2) is 15.9 Å². The summed E-state index contributed by atoms with van der Waals surface area (Å²) in [6, 6.07) is 2.84. The van der Waals surface area contributed by atoms with Gasteiger partial charge in [0.2, 0.25) is 5.79 Å². The molecule has 0 saturated carbocycles. The third kappa shape index (κ3) is 1.71. The number of hydrogen-bond acceptors (Lipinski definition) is 6. The van der Waals surface area contributed by atoms with Crippen LogP contribution in [0.3, 0.4) is 0 Å². The number of fused-ring (bicyclic) bond motifs is 6. The number of thiophene rings is 2. The van der Waals surface area contributed by atoms with Crippen LogP contribution in [0.5, 0.6) is 0 Å². The van der Waals surface area contributed by atoms with E-state index in [-0.39, 0.29) is 16.9 Å². The summed E-state index contributed by atoms with van der Waals surface area (Å²) >= 11 is 1.96. The molecular formula is C15H12F2O4S2. The summed E-state index contributed by atoms with van der Waals surface area (Å²) in [5, 5.41) is -0.708. The minimum Gasteiger partial charge on any atom is -0.375 e. The molecule has 1 aliphatic carbocycles. The first kappa shape index (κ1) is 14.4. The lowest BCUT2D eigenvalue weighted by molar-refractivity contribution is -0.333. The van der Waals surface area contributed by atoms with Gasteiger partial charge < -0.3 is 18.9 Å². The van der Waals surface area contributed by atoms with Crippen molar-refractivity contribution >= 4 is 22.7 Å². The fourth-order valence-corrected chi connectivity index (χ4v) is 5.71. The van der Waals surface area contributed by atoms with Crippen LogP contribution >= 0.6 is 22.7 Å². The summed E-state index contributed by atoms with van der Waals surface area (Å²) in [5.74, 6) is -1.29. The first-order valence-electron chi connectivity index (χ1n) is 7.26. The predicted molar refractivity (Wildman–Crippen MR) is 79.6 cm³/mol. The van der Waals surface area contributed by atoms with E-state index in [2.05, 4.69) is 0 Å². The molecule has 2 aromatic rings. The maximum absolute atomic E-state index is 14.1. The molecule has 0 amide bonds. The van der Waals surface area contributed by atoms with Gasteiger partial charge in [-0.15, -0.1) is 22.7 Å². The lowest BCUT2D eigenvalue weighted by Gasteiger charge is -2.50. The van der Waals surface area contributed by atoms with Gasteiger partial charge in [0, 0.05) is 11.1 Å². The molecule has 4 heterocycles. The summed E-state index contributed by atoms with van der Waals surface area (Å²) in [6.07, 6.45) is 0. The largest absolute Gasteiger partial charge is 0.375 e. The number of halogens is 2. The molecule has 5 rings (SSSR count). The van der Waals surface area contributed by atoms with Gasteiger partial charge in [-0.1, -0.05) is 0 Å². The molecule has 1 unspecified atom stereocenters. The predicted octanol–water partition coefficient (Wildman–Crippen LogP) is 3.21. The van der Waals surface area contributed by atoms with Gasteiger partial charge in [-0.3, -0.25) is 0 Å². The second kappa shape index (κ2) is 4.81. The average Bonchev–Trinajstić information content (AvgIpc) is 3.25. The van der Waals surface area contributed by atoms with Crippen molar-refractivity contribution in [2.45, 2.75) is 11.4 Å². The number of rotatable bonds is 0. The van der Waals surface area contributed by atoms with E-state index in [9.17, 15) is 8.78 Å². The Morgan fingerprint density at radius 2 is 1.43 bits per heavy atom. The van der Waals surface area contributed by atoms with Gasteiger partial charge in [-0.25, -0.2) is 0 Å². The highest BCUT2D eigenvalue weighted by atomic mass is 32.1. The average molecular weight is 358 g/mol. The van der Waals surface area contributed by atoms with Crippen LogP contribution in [0.15, 0.2) is 12.1 Å². The van der Waals surface area contributed by atoms with E-state index in [4.69, 9.17) is 18.9 Å². The minimum atomic E-state index is -1.29. The number of ether oxygens (including phenoxy) is 4. The van der Waals surface area contributed by atoms with E-state index in [1.807, 2.05) is 0 Å². The minimum absolute atomic E-state index is 0.174. The summed E-state index contributed by atoms with van der Waals surface area (Å²) in [7, 11) is 0. The third-order valence-electron chi connectivity index (χ3n) is 4.51. The van der Waals surface area contributed by atoms with Crippen molar-refractivity contribution < 1.29 is 27.7 Å². The normalized spacial score (nSPS) is 28.3. The van der Waals surface area contributed by atoms with Crippen molar-refractivity contribution in [3.05, 3.63) is 33.5 Å². The molecule has 1 atom stereocenters. The maximum Gasteiger partial charge on any atom is 0.233 e. The zero-order valence-corrected chi connectivity index (χ0v) is 13.5. The molecule has 2 saturated heterocycles. The quantitative estimate of drug-likeness (QED) is 0.725. The first-order chi connectivity index (χ1) is 11.2. The van der Waals surface area contributed by atoms with Crippen molar-refractivity contribution in [2.75, 3.05) is 33.0 Å². The third-order valence-corrected chi connectivity index (χ3v) is 6.52. The van der Waals surface area contributed by atoms with Crippen molar-refractivity contribution in [1.82, 2.24) is 0 Å². The fraction of sp³-hybridized carbons (Fsp3) is 0.467. The van der Waals surface area contributed by atoms with Crippen LogP contribution in [0.1, 0.15) is 11.1 Å². The highest BCUT2D eigenvalue weighted by Gasteiger charge is 2.65. The van der Waals surface area contributed by atoms with E-state index < -0.39 is 11.4 Å². The Labute approximate surface area is 138 Å². The maximum atomic E-state index is 14.1. The van der Waals surface area contributed by atoms with Gasteiger partial charge >= 0.3 is 0 Å². The van der Waals surface area contributed by atoms with E-state index >= 15 is 0 Å². The van der Waals surface area contributed by atoms with Crippen molar-refractivity contribution in [1.29, 1.82) is 0 Å². The van der Waals surface area contributed by atoms with Crippen molar-refractivity contribution in [3.8, 4) is 9.75 Å². The molecule has 23 heavy (non-hydrogen) atoms. The van der Waals surface area contributed by atoms with Crippen LogP contribution in [-0.4, -0.2) is 33.0 Å². The Morgan fingerprint density at radius 1 is 0.826 bits per heavy atom. The van der Waals surface area contributed by atoms with Crippen LogP contribution < -0.4 is 0 Å². The topological polar surface area (TPSA) is 36.9 Å². The summed E-state index contributed by atoms with van der Waals surface area (Å²) in [5.41, 5.74) is 0.0756. The SMILES string of the molecule is Fc1cc2c(s1)-c1sc(F)cc1C1(OCCO1)C21COCCO1. The summed E-state index contributed by atoms with van der Waals surface area (Å²) < 4.78 is 51.8. The molecule has 8 heteroatoms. The lowest BCUT2D eigenvalue weighted by Crippen LogP contribution is -2.58. The van der Waals surface area contributed by atoms with Gasteiger partial charge in [-0.05, 0) is 12.1 Å².